The van der Waals surface area contributed by atoms with Gasteiger partial charge in [-0.2, -0.15) is 0 Å². The summed E-state index contributed by atoms with van der Waals surface area (Å²) in [5, 5.41) is 2.92. The zero-order chi connectivity index (χ0) is 18.7. The normalized spacial score (nSPS) is 15.0. The van der Waals surface area contributed by atoms with Crippen molar-refractivity contribution in [2.75, 3.05) is 38.5 Å². The van der Waals surface area contributed by atoms with E-state index in [1.807, 2.05) is 39.1 Å². The minimum atomic E-state index is -0.242. The summed E-state index contributed by atoms with van der Waals surface area (Å²) in [5.74, 6) is -0.368. The first-order chi connectivity index (χ1) is 12.5. The van der Waals surface area contributed by atoms with Gasteiger partial charge >= 0.3 is 0 Å². The first-order valence-electron chi connectivity index (χ1n) is 8.77. The third-order valence-corrected chi connectivity index (χ3v) is 4.88. The summed E-state index contributed by atoms with van der Waals surface area (Å²) in [6, 6.07) is 8.98. The van der Waals surface area contributed by atoms with Gasteiger partial charge in [-0.3, -0.25) is 14.6 Å². The summed E-state index contributed by atoms with van der Waals surface area (Å²) >= 11 is 0. The lowest BCUT2D eigenvalue weighted by Crippen LogP contribution is -2.47. The highest BCUT2D eigenvalue weighted by molar-refractivity contribution is 6.06. The molecule has 1 aliphatic rings. The van der Waals surface area contributed by atoms with Crippen LogP contribution in [0.15, 0.2) is 36.5 Å². The second kappa shape index (κ2) is 7.66. The first kappa shape index (κ1) is 18.1. The van der Waals surface area contributed by atoms with Crippen LogP contribution >= 0.6 is 0 Å². The number of aryl methyl sites for hydroxylation is 1. The molecule has 0 unspecified atom stereocenters. The Labute approximate surface area is 153 Å². The van der Waals surface area contributed by atoms with E-state index in [4.69, 9.17) is 0 Å². The highest BCUT2D eigenvalue weighted by Crippen LogP contribution is 2.19. The summed E-state index contributed by atoms with van der Waals surface area (Å²) in [5.41, 5.74) is 3.66. The maximum absolute atomic E-state index is 12.7. The third kappa shape index (κ3) is 3.91. The van der Waals surface area contributed by atoms with Crippen molar-refractivity contribution in [3.05, 3.63) is 58.9 Å². The molecule has 0 spiro atoms. The number of aromatic nitrogens is 1. The van der Waals surface area contributed by atoms with E-state index >= 15 is 0 Å². The molecule has 1 aliphatic heterocycles. The Bertz CT molecular complexity index is 826. The number of benzene rings is 1. The number of piperazine rings is 1. The van der Waals surface area contributed by atoms with Crippen molar-refractivity contribution < 1.29 is 9.59 Å². The van der Waals surface area contributed by atoms with Crippen LogP contribution in [0, 0.1) is 13.8 Å². The van der Waals surface area contributed by atoms with E-state index in [1.165, 1.54) is 6.20 Å². The van der Waals surface area contributed by atoms with Gasteiger partial charge in [0.25, 0.3) is 11.8 Å². The van der Waals surface area contributed by atoms with Gasteiger partial charge in [0.1, 0.15) is 5.69 Å². The van der Waals surface area contributed by atoms with Crippen LogP contribution in [0.3, 0.4) is 0 Å². The Morgan fingerprint density at radius 1 is 1.08 bits per heavy atom. The van der Waals surface area contributed by atoms with E-state index in [0.29, 0.717) is 24.3 Å². The first-order valence-corrected chi connectivity index (χ1v) is 8.77. The fraction of sp³-hybridized carbons (Fsp3) is 0.350. The van der Waals surface area contributed by atoms with E-state index < -0.39 is 0 Å². The lowest BCUT2D eigenvalue weighted by Gasteiger charge is -2.32. The average molecular weight is 352 g/mol. The molecule has 0 radical (unpaired) electrons. The molecule has 1 fully saturated rings. The molecule has 2 amide bonds. The van der Waals surface area contributed by atoms with E-state index in [0.717, 1.165) is 29.9 Å². The molecule has 26 heavy (non-hydrogen) atoms. The molecule has 1 saturated heterocycles. The second-order valence-corrected chi connectivity index (χ2v) is 6.73. The molecule has 136 valence electrons. The summed E-state index contributed by atoms with van der Waals surface area (Å²) in [4.78, 5) is 33.4. The van der Waals surface area contributed by atoms with Crippen LogP contribution in [0.4, 0.5) is 5.69 Å². The van der Waals surface area contributed by atoms with Crippen LogP contribution in [0.25, 0.3) is 0 Å². The van der Waals surface area contributed by atoms with Gasteiger partial charge in [-0.1, -0.05) is 12.1 Å². The molecule has 2 aromatic rings. The average Bonchev–Trinajstić information content (AvgIpc) is 2.65. The molecule has 2 heterocycles. The van der Waals surface area contributed by atoms with E-state index in [9.17, 15) is 9.59 Å². The number of pyridine rings is 1. The molecule has 0 atom stereocenters. The third-order valence-electron chi connectivity index (χ3n) is 4.88. The van der Waals surface area contributed by atoms with Gasteiger partial charge in [0, 0.05) is 43.6 Å². The number of carbonyl (C=O) groups excluding carboxylic acids is 2. The summed E-state index contributed by atoms with van der Waals surface area (Å²) in [6.45, 7) is 7.02. The smallest absolute Gasteiger partial charge is 0.272 e. The van der Waals surface area contributed by atoms with Gasteiger partial charge in [-0.25, -0.2) is 0 Å². The lowest BCUT2D eigenvalue weighted by atomic mass is 10.1. The van der Waals surface area contributed by atoms with Gasteiger partial charge in [0.15, 0.2) is 0 Å². The number of likely N-dealkylation sites (N-methyl/N-ethyl adjacent to an activating group) is 1. The van der Waals surface area contributed by atoms with Crippen LogP contribution in [0.2, 0.25) is 0 Å². The fourth-order valence-corrected chi connectivity index (χ4v) is 2.94. The zero-order valence-electron chi connectivity index (χ0n) is 15.5. The minimum absolute atomic E-state index is 0.125. The Hall–Kier alpha value is -2.73. The number of nitrogens with one attached hydrogen (secondary N) is 1. The van der Waals surface area contributed by atoms with Gasteiger partial charge < -0.3 is 15.1 Å². The molecule has 1 aromatic carbocycles. The van der Waals surface area contributed by atoms with Crippen molar-refractivity contribution in [3.8, 4) is 0 Å². The molecule has 6 heteroatoms. The van der Waals surface area contributed by atoms with E-state index in [2.05, 4.69) is 15.2 Å². The van der Waals surface area contributed by atoms with Crippen LogP contribution in [-0.2, 0) is 0 Å². The number of hydrogen-bond acceptors (Lipinski definition) is 4. The number of anilines is 1. The zero-order valence-corrected chi connectivity index (χ0v) is 15.5. The SMILES string of the molecule is Cc1cccc(NC(=O)c2ccnc(C(=O)N3CCN(C)CC3)c2)c1C. The van der Waals surface area contributed by atoms with Crippen molar-refractivity contribution in [1.82, 2.24) is 14.8 Å². The molecule has 3 rings (SSSR count). The second-order valence-electron chi connectivity index (χ2n) is 6.73. The van der Waals surface area contributed by atoms with E-state index in [1.54, 1.807) is 17.0 Å². The van der Waals surface area contributed by atoms with Gasteiger partial charge in [0.2, 0.25) is 0 Å². The standard InChI is InChI=1S/C20H24N4O2/c1-14-5-4-6-17(15(14)2)22-19(25)16-7-8-21-18(13-16)20(26)24-11-9-23(3)10-12-24/h4-8,13H,9-12H2,1-3H3,(H,22,25). The molecular weight excluding hydrogens is 328 g/mol. The van der Waals surface area contributed by atoms with Crippen LogP contribution in [-0.4, -0.2) is 59.8 Å². The largest absolute Gasteiger partial charge is 0.335 e. The summed E-state index contributed by atoms with van der Waals surface area (Å²) in [6.07, 6.45) is 1.52. The summed E-state index contributed by atoms with van der Waals surface area (Å²) < 4.78 is 0. The number of hydrogen-bond donors (Lipinski definition) is 1. The van der Waals surface area contributed by atoms with Gasteiger partial charge in [-0.05, 0) is 50.2 Å². The molecule has 6 nitrogen and oxygen atoms in total. The van der Waals surface area contributed by atoms with Crippen molar-refractivity contribution in [2.24, 2.45) is 0 Å². The predicted octanol–water partition coefficient (Wildman–Crippen LogP) is 2.34. The highest BCUT2D eigenvalue weighted by atomic mass is 16.2. The topological polar surface area (TPSA) is 65.5 Å². The van der Waals surface area contributed by atoms with Gasteiger partial charge in [-0.15, -0.1) is 0 Å². The van der Waals surface area contributed by atoms with Crippen LogP contribution < -0.4 is 5.32 Å². The van der Waals surface area contributed by atoms with Crippen molar-refractivity contribution >= 4 is 17.5 Å². The number of carbonyl (C=O) groups is 2. The van der Waals surface area contributed by atoms with Crippen molar-refractivity contribution in [3.63, 3.8) is 0 Å². The minimum Gasteiger partial charge on any atom is -0.335 e. The fourth-order valence-electron chi connectivity index (χ4n) is 2.94. The molecule has 0 bridgehead atoms. The predicted molar refractivity (Wildman–Crippen MR) is 102 cm³/mol. The number of amides is 2. The van der Waals surface area contributed by atoms with Crippen LogP contribution in [0.5, 0.6) is 0 Å². The maximum atomic E-state index is 12.7. The number of rotatable bonds is 3. The molecule has 1 aromatic heterocycles. The van der Waals surface area contributed by atoms with Gasteiger partial charge in [0.05, 0.1) is 0 Å². The summed E-state index contributed by atoms with van der Waals surface area (Å²) in [7, 11) is 2.04. The number of nitrogens with zero attached hydrogens (tertiary/aromatic N) is 3. The Morgan fingerprint density at radius 3 is 2.54 bits per heavy atom. The maximum Gasteiger partial charge on any atom is 0.272 e. The Balaban J connectivity index is 1.75. The van der Waals surface area contributed by atoms with Crippen molar-refractivity contribution in [2.45, 2.75) is 13.8 Å². The molecule has 0 saturated carbocycles. The quantitative estimate of drug-likeness (QED) is 0.921. The monoisotopic (exact) mass is 352 g/mol. The van der Waals surface area contributed by atoms with E-state index in [-0.39, 0.29) is 11.8 Å². The lowest BCUT2D eigenvalue weighted by molar-refractivity contribution is 0.0658. The molecule has 0 aliphatic carbocycles. The highest BCUT2D eigenvalue weighted by Gasteiger charge is 2.22. The van der Waals surface area contributed by atoms with Crippen LogP contribution in [0.1, 0.15) is 32.0 Å². The molecular formula is C20H24N4O2. The molecule has 1 N–H and O–H groups in total. The Kier molecular flexibility index (Phi) is 5.32. The van der Waals surface area contributed by atoms with Crippen molar-refractivity contribution in [1.29, 1.82) is 0 Å². The Morgan fingerprint density at radius 2 is 1.81 bits per heavy atom.